The highest BCUT2D eigenvalue weighted by Crippen LogP contribution is 2.12. The predicted molar refractivity (Wildman–Crippen MR) is 114 cm³/mol. The van der Waals surface area contributed by atoms with E-state index in [9.17, 15) is 9.59 Å². The number of guanidine groups is 1. The van der Waals surface area contributed by atoms with E-state index >= 15 is 0 Å². The van der Waals surface area contributed by atoms with Crippen molar-refractivity contribution >= 4 is 11.9 Å². The van der Waals surface area contributed by atoms with Crippen LogP contribution in [0.5, 0.6) is 0 Å². The monoisotopic (exact) mass is 389 g/mol. The molecule has 2 N–H and O–H groups in total. The van der Waals surface area contributed by atoms with Gasteiger partial charge in [0.1, 0.15) is 0 Å². The fourth-order valence-corrected chi connectivity index (χ4v) is 3.44. The molecule has 1 unspecified atom stereocenters. The maximum absolute atomic E-state index is 12.1. The van der Waals surface area contributed by atoms with Gasteiger partial charge in [0, 0.05) is 56.4 Å². The van der Waals surface area contributed by atoms with Gasteiger partial charge in [-0.15, -0.1) is 0 Å². The molecule has 1 aromatic rings. The van der Waals surface area contributed by atoms with Crippen LogP contribution in [0.25, 0.3) is 0 Å². The van der Waals surface area contributed by atoms with E-state index in [0.29, 0.717) is 6.54 Å². The van der Waals surface area contributed by atoms with E-state index in [2.05, 4.69) is 15.6 Å². The van der Waals surface area contributed by atoms with Crippen molar-refractivity contribution in [3.05, 3.63) is 34.2 Å². The summed E-state index contributed by atoms with van der Waals surface area (Å²) in [7, 11) is 0. The van der Waals surface area contributed by atoms with Gasteiger partial charge in [-0.3, -0.25) is 14.6 Å². The van der Waals surface area contributed by atoms with Gasteiger partial charge < -0.3 is 20.1 Å². The summed E-state index contributed by atoms with van der Waals surface area (Å²) in [6, 6.07) is 5.60. The Morgan fingerprint density at radius 2 is 2.11 bits per heavy atom. The van der Waals surface area contributed by atoms with Crippen molar-refractivity contribution in [2.24, 2.45) is 10.9 Å². The summed E-state index contributed by atoms with van der Waals surface area (Å²) in [5, 5.41) is 6.74. The van der Waals surface area contributed by atoms with Gasteiger partial charge in [0.15, 0.2) is 5.96 Å². The van der Waals surface area contributed by atoms with Crippen LogP contribution in [-0.2, 0) is 11.3 Å². The van der Waals surface area contributed by atoms with Gasteiger partial charge in [-0.1, -0.05) is 19.9 Å². The van der Waals surface area contributed by atoms with Crippen molar-refractivity contribution in [3.8, 4) is 0 Å². The second-order valence-electron chi connectivity index (χ2n) is 7.69. The maximum Gasteiger partial charge on any atom is 0.250 e. The average molecular weight is 390 g/mol. The minimum absolute atomic E-state index is 0.0430. The number of carbonyl (C=O) groups is 1. The molecule has 1 saturated heterocycles. The lowest BCUT2D eigenvalue weighted by Crippen LogP contribution is -2.45. The molecule has 0 aromatic carbocycles. The third-order valence-electron chi connectivity index (χ3n) is 5.01. The maximum atomic E-state index is 12.1. The Bertz CT molecular complexity index is 726. The zero-order chi connectivity index (χ0) is 20.5. The van der Waals surface area contributed by atoms with Crippen molar-refractivity contribution in [1.29, 1.82) is 0 Å². The van der Waals surface area contributed by atoms with Crippen molar-refractivity contribution < 1.29 is 4.79 Å². The molecule has 7 heteroatoms. The van der Waals surface area contributed by atoms with Crippen LogP contribution < -0.4 is 16.2 Å². The van der Waals surface area contributed by atoms with Crippen LogP contribution >= 0.6 is 0 Å². The fourth-order valence-electron chi connectivity index (χ4n) is 3.44. The molecule has 1 aliphatic heterocycles. The zero-order valence-electron chi connectivity index (χ0n) is 17.7. The summed E-state index contributed by atoms with van der Waals surface area (Å²) in [5.41, 5.74) is 1.05. The van der Waals surface area contributed by atoms with Crippen LogP contribution in [0.15, 0.2) is 28.0 Å². The number of aryl methyl sites for hydroxylation is 1. The number of amides is 1. The molecule has 0 saturated carbocycles. The highest BCUT2D eigenvalue weighted by Gasteiger charge is 2.27. The third kappa shape index (κ3) is 6.39. The molecule has 0 aliphatic carbocycles. The Balaban J connectivity index is 1.79. The summed E-state index contributed by atoms with van der Waals surface area (Å²) in [5.74, 6) is 1.07. The van der Waals surface area contributed by atoms with E-state index in [1.807, 2.05) is 43.2 Å². The Morgan fingerprint density at radius 1 is 1.32 bits per heavy atom. The molecule has 2 heterocycles. The van der Waals surface area contributed by atoms with E-state index < -0.39 is 0 Å². The minimum Gasteiger partial charge on any atom is -0.357 e. The lowest BCUT2D eigenvalue weighted by Gasteiger charge is -2.20. The third-order valence-corrected chi connectivity index (χ3v) is 5.01. The van der Waals surface area contributed by atoms with Crippen LogP contribution in [0.1, 0.15) is 45.7 Å². The molecule has 1 atom stereocenters. The number of hydrogen-bond acceptors (Lipinski definition) is 3. The fraction of sp³-hybridized carbons (Fsp3) is 0.667. The van der Waals surface area contributed by atoms with Gasteiger partial charge >= 0.3 is 0 Å². The Labute approximate surface area is 168 Å². The largest absolute Gasteiger partial charge is 0.357 e. The Kier molecular flexibility index (Phi) is 8.54. The quantitative estimate of drug-likeness (QED) is 0.403. The number of nitrogens with zero attached hydrogens (tertiary/aromatic N) is 3. The summed E-state index contributed by atoms with van der Waals surface area (Å²) in [6.45, 7) is 11.7. The zero-order valence-corrected chi connectivity index (χ0v) is 17.7. The normalized spacial score (nSPS) is 17.2. The Morgan fingerprint density at radius 3 is 2.79 bits per heavy atom. The topological polar surface area (TPSA) is 78.7 Å². The second kappa shape index (κ2) is 10.9. The smallest absolute Gasteiger partial charge is 0.250 e. The van der Waals surface area contributed by atoms with Crippen LogP contribution in [-0.4, -0.2) is 53.6 Å². The number of unbranched alkanes of at least 4 members (excludes halogenated alkanes) is 1. The van der Waals surface area contributed by atoms with Crippen LogP contribution in [0.3, 0.4) is 0 Å². The van der Waals surface area contributed by atoms with Crippen molar-refractivity contribution in [2.75, 3.05) is 26.2 Å². The van der Waals surface area contributed by atoms with Gasteiger partial charge in [0.2, 0.25) is 5.91 Å². The number of pyridine rings is 1. The van der Waals surface area contributed by atoms with E-state index in [1.165, 1.54) is 0 Å². The first-order valence-electron chi connectivity index (χ1n) is 10.4. The van der Waals surface area contributed by atoms with Gasteiger partial charge in [0.25, 0.3) is 5.56 Å². The van der Waals surface area contributed by atoms with Gasteiger partial charge in [-0.2, -0.15) is 0 Å². The molecular formula is C21H35N5O2. The van der Waals surface area contributed by atoms with Crippen molar-refractivity contribution in [1.82, 2.24) is 20.1 Å². The standard InChI is InChI=1S/C21H35N5O2/c1-5-22-21(24-18-11-14-25(15-18)20(28)16(2)3)23-12-6-7-13-26-17(4)9-8-10-19(26)27/h8-10,16,18H,5-7,11-15H2,1-4H3,(H2,22,23,24). The first-order valence-corrected chi connectivity index (χ1v) is 10.4. The van der Waals surface area contributed by atoms with Gasteiger partial charge in [-0.25, -0.2) is 0 Å². The van der Waals surface area contributed by atoms with E-state index in [4.69, 9.17) is 0 Å². The van der Waals surface area contributed by atoms with Gasteiger partial charge in [0.05, 0.1) is 0 Å². The summed E-state index contributed by atoms with van der Waals surface area (Å²) >= 11 is 0. The minimum atomic E-state index is 0.0430. The van der Waals surface area contributed by atoms with Crippen LogP contribution in [0, 0.1) is 12.8 Å². The molecule has 28 heavy (non-hydrogen) atoms. The number of carbonyl (C=O) groups excluding carboxylic acids is 1. The predicted octanol–water partition coefficient (Wildman–Crippen LogP) is 1.75. The molecule has 7 nitrogen and oxygen atoms in total. The number of aliphatic imine (C=N–C) groups is 1. The molecule has 1 amide bonds. The molecule has 0 radical (unpaired) electrons. The molecule has 1 aromatic heterocycles. The van der Waals surface area contributed by atoms with Crippen molar-refractivity contribution in [3.63, 3.8) is 0 Å². The average Bonchev–Trinajstić information content (AvgIpc) is 3.11. The molecule has 2 rings (SSSR count). The Hall–Kier alpha value is -2.31. The summed E-state index contributed by atoms with van der Waals surface area (Å²) in [6.07, 6.45) is 2.77. The number of hydrogen-bond donors (Lipinski definition) is 2. The van der Waals surface area contributed by atoms with Gasteiger partial charge in [-0.05, 0) is 39.2 Å². The number of likely N-dealkylation sites (tertiary alicyclic amines) is 1. The lowest BCUT2D eigenvalue weighted by atomic mass is 10.2. The van der Waals surface area contributed by atoms with Crippen molar-refractivity contribution in [2.45, 2.75) is 59.5 Å². The van der Waals surface area contributed by atoms with E-state index in [0.717, 1.165) is 57.1 Å². The summed E-state index contributed by atoms with van der Waals surface area (Å²) in [4.78, 5) is 30.6. The van der Waals surface area contributed by atoms with Crippen LogP contribution in [0.4, 0.5) is 0 Å². The molecule has 0 spiro atoms. The molecule has 1 aliphatic rings. The SMILES string of the molecule is CCNC(=NCCCCn1c(C)cccc1=O)NC1CCN(C(=O)C(C)C)C1. The molecule has 156 valence electrons. The second-order valence-corrected chi connectivity index (χ2v) is 7.69. The first kappa shape index (κ1) is 22.0. The lowest BCUT2D eigenvalue weighted by molar-refractivity contribution is -0.133. The molecule has 0 bridgehead atoms. The van der Waals surface area contributed by atoms with Crippen LogP contribution in [0.2, 0.25) is 0 Å². The van der Waals surface area contributed by atoms with E-state index in [1.54, 1.807) is 12.1 Å². The van der Waals surface area contributed by atoms with E-state index in [-0.39, 0.29) is 23.4 Å². The summed E-state index contributed by atoms with van der Waals surface area (Å²) < 4.78 is 1.81. The highest BCUT2D eigenvalue weighted by molar-refractivity contribution is 5.81. The molecule has 1 fully saturated rings. The number of rotatable bonds is 8. The molecular weight excluding hydrogens is 354 g/mol. The highest BCUT2D eigenvalue weighted by atomic mass is 16.2. The first-order chi connectivity index (χ1) is 13.4. The number of aromatic nitrogens is 1. The number of nitrogens with one attached hydrogen (secondary N) is 2.